The maximum atomic E-state index is 8.71. The molecule has 0 saturated carbocycles. The first-order valence-electron chi connectivity index (χ1n) is 6.63. The highest BCUT2D eigenvalue weighted by atomic mass is 79.9. The normalized spacial score (nSPS) is 10.4. The fraction of sp³-hybridized carbons (Fsp3) is 0.429. The second-order valence-electron chi connectivity index (χ2n) is 4.49. The first-order chi connectivity index (χ1) is 10.5. The standard InChI is InChI=1S/C14H18Br2N2O2S2/c1-9-6-11(13(21)17-4-2-15)12(7-10(9)8-20-19)14(22)18-5-3-16/h6-7,19H,2-5,8H2,1H3,(H,17,21)(H,18,22). The molecule has 1 aromatic rings. The quantitative estimate of drug-likeness (QED) is 0.235. The third-order valence-electron chi connectivity index (χ3n) is 2.95. The highest BCUT2D eigenvalue weighted by molar-refractivity contribution is 9.09. The van der Waals surface area contributed by atoms with Crippen molar-refractivity contribution in [2.75, 3.05) is 23.7 Å². The molecule has 0 spiro atoms. The molecule has 0 heterocycles. The molecule has 0 aromatic heterocycles. The lowest BCUT2D eigenvalue weighted by Crippen LogP contribution is -2.30. The summed E-state index contributed by atoms with van der Waals surface area (Å²) < 4.78 is 0. The summed E-state index contributed by atoms with van der Waals surface area (Å²) in [6, 6.07) is 3.88. The Morgan fingerprint density at radius 3 is 2.05 bits per heavy atom. The highest BCUT2D eigenvalue weighted by Crippen LogP contribution is 2.19. The zero-order valence-electron chi connectivity index (χ0n) is 12.1. The van der Waals surface area contributed by atoms with E-state index < -0.39 is 0 Å². The van der Waals surface area contributed by atoms with Crippen molar-refractivity contribution in [3.8, 4) is 0 Å². The van der Waals surface area contributed by atoms with E-state index >= 15 is 0 Å². The number of hydrogen-bond donors (Lipinski definition) is 3. The first kappa shape index (κ1) is 19.9. The Labute approximate surface area is 158 Å². The van der Waals surface area contributed by atoms with Gasteiger partial charge in [0, 0.05) is 34.9 Å². The number of benzene rings is 1. The van der Waals surface area contributed by atoms with Gasteiger partial charge >= 0.3 is 0 Å². The van der Waals surface area contributed by atoms with Gasteiger partial charge < -0.3 is 10.6 Å². The summed E-state index contributed by atoms with van der Waals surface area (Å²) in [4.78, 5) is 5.54. The van der Waals surface area contributed by atoms with Crippen LogP contribution in [0.5, 0.6) is 0 Å². The third kappa shape index (κ3) is 5.82. The van der Waals surface area contributed by atoms with E-state index in [1.807, 2.05) is 19.1 Å². The molecule has 0 aliphatic heterocycles. The number of halogens is 2. The van der Waals surface area contributed by atoms with E-state index in [4.69, 9.17) is 29.7 Å². The van der Waals surface area contributed by atoms with Crippen LogP contribution >= 0.6 is 56.3 Å². The molecule has 4 nitrogen and oxygen atoms in total. The lowest BCUT2D eigenvalue weighted by Gasteiger charge is -2.17. The minimum absolute atomic E-state index is 0.113. The van der Waals surface area contributed by atoms with Crippen molar-refractivity contribution in [2.45, 2.75) is 13.5 Å². The van der Waals surface area contributed by atoms with Gasteiger partial charge in [0.05, 0.1) is 0 Å². The minimum atomic E-state index is 0.113. The average Bonchev–Trinajstić information content (AvgIpc) is 2.51. The van der Waals surface area contributed by atoms with E-state index in [0.717, 1.165) is 46.0 Å². The van der Waals surface area contributed by atoms with E-state index in [1.54, 1.807) is 0 Å². The van der Waals surface area contributed by atoms with E-state index in [9.17, 15) is 0 Å². The number of hydrogen-bond acceptors (Lipinski definition) is 4. The van der Waals surface area contributed by atoms with Crippen molar-refractivity contribution in [3.05, 3.63) is 34.4 Å². The molecule has 22 heavy (non-hydrogen) atoms. The van der Waals surface area contributed by atoms with Crippen LogP contribution < -0.4 is 10.6 Å². The molecule has 0 unspecified atom stereocenters. The lowest BCUT2D eigenvalue weighted by molar-refractivity contribution is -0.253. The second-order valence-corrected chi connectivity index (χ2v) is 6.89. The smallest absolute Gasteiger partial charge is 0.107 e. The first-order valence-corrected chi connectivity index (χ1v) is 9.69. The van der Waals surface area contributed by atoms with E-state index in [1.165, 1.54) is 0 Å². The van der Waals surface area contributed by atoms with Crippen LogP contribution in [0.25, 0.3) is 0 Å². The molecule has 122 valence electrons. The van der Waals surface area contributed by atoms with Crippen LogP contribution in [-0.2, 0) is 11.5 Å². The van der Waals surface area contributed by atoms with Gasteiger partial charge in [0.2, 0.25) is 0 Å². The number of aryl methyl sites for hydroxylation is 1. The van der Waals surface area contributed by atoms with Gasteiger partial charge in [0.1, 0.15) is 16.6 Å². The molecule has 8 heteroatoms. The minimum Gasteiger partial charge on any atom is -0.375 e. The van der Waals surface area contributed by atoms with Crippen molar-refractivity contribution in [2.24, 2.45) is 0 Å². The Morgan fingerprint density at radius 1 is 1.09 bits per heavy atom. The molecule has 0 atom stereocenters. The van der Waals surface area contributed by atoms with E-state index in [0.29, 0.717) is 9.98 Å². The van der Waals surface area contributed by atoms with E-state index in [-0.39, 0.29) is 6.61 Å². The van der Waals surface area contributed by atoms with Crippen molar-refractivity contribution >= 4 is 66.3 Å². The van der Waals surface area contributed by atoms with Crippen LogP contribution in [0.15, 0.2) is 12.1 Å². The van der Waals surface area contributed by atoms with Gasteiger partial charge in [-0.15, -0.1) is 0 Å². The summed E-state index contributed by atoms with van der Waals surface area (Å²) in [6.07, 6.45) is 0. The zero-order chi connectivity index (χ0) is 16.5. The van der Waals surface area contributed by atoms with Crippen LogP contribution in [0.3, 0.4) is 0 Å². The summed E-state index contributed by atoms with van der Waals surface area (Å²) in [5.41, 5.74) is 3.56. The number of rotatable bonds is 8. The van der Waals surface area contributed by atoms with Crippen LogP contribution in [0.2, 0.25) is 0 Å². The molecule has 0 radical (unpaired) electrons. The molecule has 1 aromatic carbocycles. The molecule has 0 aliphatic carbocycles. The Hall–Kier alpha value is -0.120. The fourth-order valence-electron chi connectivity index (χ4n) is 1.87. The molecule has 1 rings (SSSR count). The number of nitrogens with one attached hydrogen (secondary N) is 2. The molecular weight excluding hydrogens is 452 g/mol. The summed E-state index contributed by atoms with van der Waals surface area (Å²) in [5, 5.41) is 16.7. The third-order valence-corrected chi connectivity index (χ3v) is 4.47. The average molecular weight is 470 g/mol. The lowest BCUT2D eigenvalue weighted by atomic mass is 9.99. The maximum absolute atomic E-state index is 8.71. The highest BCUT2D eigenvalue weighted by Gasteiger charge is 2.15. The Balaban J connectivity index is 3.18. The molecule has 0 bridgehead atoms. The molecular formula is C14H18Br2N2O2S2. The van der Waals surface area contributed by atoms with Crippen molar-refractivity contribution < 1.29 is 10.1 Å². The Kier molecular flexibility index (Phi) is 9.62. The number of thiocarbonyl (C=S) groups is 2. The summed E-state index contributed by atoms with van der Waals surface area (Å²) in [5.74, 6) is 0. The summed E-state index contributed by atoms with van der Waals surface area (Å²) in [6.45, 7) is 3.52. The van der Waals surface area contributed by atoms with Crippen LogP contribution in [0, 0.1) is 6.92 Å². The van der Waals surface area contributed by atoms with Gasteiger partial charge in [0.15, 0.2) is 0 Å². The second kappa shape index (κ2) is 10.6. The predicted molar refractivity (Wildman–Crippen MR) is 106 cm³/mol. The van der Waals surface area contributed by atoms with Crippen molar-refractivity contribution in [3.63, 3.8) is 0 Å². The van der Waals surface area contributed by atoms with Gasteiger partial charge in [-0.25, -0.2) is 4.89 Å². The Morgan fingerprint density at radius 2 is 1.59 bits per heavy atom. The van der Waals surface area contributed by atoms with Gasteiger partial charge in [-0.2, -0.15) is 0 Å². The van der Waals surface area contributed by atoms with Gasteiger partial charge in [0.25, 0.3) is 0 Å². The van der Waals surface area contributed by atoms with Gasteiger partial charge in [-0.1, -0.05) is 56.3 Å². The topological polar surface area (TPSA) is 53.5 Å². The summed E-state index contributed by atoms with van der Waals surface area (Å²) >= 11 is 17.7. The van der Waals surface area contributed by atoms with Crippen LogP contribution in [-0.4, -0.2) is 39.0 Å². The molecule has 0 aliphatic rings. The maximum Gasteiger partial charge on any atom is 0.107 e. The molecule has 0 amide bonds. The van der Waals surface area contributed by atoms with Gasteiger partial charge in [-0.3, -0.25) is 5.26 Å². The predicted octanol–water partition coefficient (Wildman–Crippen LogP) is 3.30. The van der Waals surface area contributed by atoms with Crippen LogP contribution in [0.4, 0.5) is 0 Å². The molecule has 0 fully saturated rings. The number of alkyl halides is 2. The SMILES string of the molecule is Cc1cc(C(=S)NCCBr)c(C(=S)NCCBr)cc1COO. The van der Waals surface area contributed by atoms with Crippen molar-refractivity contribution in [1.29, 1.82) is 0 Å². The monoisotopic (exact) mass is 468 g/mol. The molecule has 3 N–H and O–H groups in total. The molecule has 0 saturated heterocycles. The zero-order valence-corrected chi connectivity index (χ0v) is 16.9. The van der Waals surface area contributed by atoms with Crippen molar-refractivity contribution in [1.82, 2.24) is 10.6 Å². The van der Waals surface area contributed by atoms with E-state index in [2.05, 4.69) is 47.4 Å². The largest absolute Gasteiger partial charge is 0.375 e. The van der Waals surface area contributed by atoms with Gasteiger partial charge in [-0.05, 0) is 30.2 Å². The summed E-state index contributed by atoms with van der Waals surface area (Å²) in [7, 11) is 0. The van der Waals surface area contributed by atoms with Crippen LogP contribution in [0.1, 0.15) is 22.3 Å². The Bertz CT molecular complexity index is 542. The fourth-order valence-corrected chi connectivity index (χ4v) is 2.80.